The second-order valence-corrected chi connectivity index (χ2v) is 7.10. The van der Waals surface area contributed by atoms with Crippen molar-refractivity contribution in [1.29, 1.82) is 5.26 Å². The zero-order chi connectivity index (χ0) is 15.8. The first-order valence-electron chi connectivity index (χ1n) is 6.41. The van der Waals surface area contributed by atoms with Gasteiger partial charge in [0.1, 0.15) is 0 Å². The van der Waals surface area contributed by atoms with Gasteiger partial charge in [-0.05, 0) is 29.9 Å². The second kappa shape index (κ2) is 5.84. The number of halogens is 2. The molecule has 6 heteroatoms. The maximum absolute atomic E-state index is 9.59. The van der Waals surface area contributed by atoms with Gasteiger partial charge in [-0.15, -0.1) is 0 Å². The van der Waals surface area contributed by atoms with Crippen molar-refractivity contribution < 1.29 is 0 Å². The van der Waals surface area contributed by atoms with E-state index in [9.17, 15) is 5.26 Å². The van der Waals surface area contributed by atoms with Gasteiger partial charge in [-0.25, -0.2) is 0 Å². The Kier molecular flexibility index (Phi) is 4.48. The van der Waals surface area contributed by atoms with Crippen LogP contribution in [0.2, 0.25) is 10.0 Å². The molecule has 2 N–H and O–H groups in total. The van der Waals surface area contributed by atoms with E-state index >= 15 is 0 Å². The van der Waals surface area contributed by atoms with E-state index in [1.165, 1.54) is 0 Å². The zero-order valence-electron chi connectivity index (χ0n) is 11.9. The Labute approximate surface area is 139 Å². The third-order valence-corrected chi connectivity index (χ3v) is 4.00. The minimum atomic E-state index is -0.372. The van der Waals surface area contributed by atoms with Crippen LogP contribution in [0, 0.1) is 16.7 Å². The fourth-order valence-corrected chi connectivity index (χ4v) is 2.98. The highest BCUT2D eigenvalue weighted by atomic mass is 35.5. The molecule has 0 aliphatic carbocycles. The summed E-state index contributed by atoms with van der Waals surface area (Å²) in [4.78, 5) is 0. The molecule has 21 heavy (non-hydrogen) atoms. The van der Waals surface area contributed by atoms with Crippen molar-refractivity contribution in [3.05, 3.63) is 45.1 Å². The number of thiocarbonyl (C=S) groups is 1. The molecule has 0 saturated carbocycles. The Morgan fingerprint density at radius 2 is 1.95 bits per heavy atom. The number of nitriles is 1. The van der Waals surface area contributed by atoms with Crippen molar-refractivity contribution in [3.8, 4) is 6.07 Å². The van der Waals surface area contributed by atoms with Crippen LogP contribution in [0.1, 0.15) is 32.4 Å². The summed E-state index contributed by atoms with van der Waals surface area (Å²) in [6, 6.07) is 7.13. The molecule has 1 aromatic rings. The molecule has 1 heterocycles. The van der Waals surface area contributed by atoms with Gasteiger partial charge >= 0.3 is 0 Å². The molecule has 3 nitrogen and oxygen atoms in total. The normalized spacial score (nSPS) is 18.9. The Balaban J connectivity index is 2.61. The summed E-state index contributed by atoms with van der Waals surface area (Å²) in [5, 5.41) is 17.3. The smallest absolute Gasteiger partial charge is 0.171 e. The summed E-state index contributed by atoms with van der Waals surface area (Å²) in [6.45, 7) is 6.09. The van der Waals surface area contributed by atoms with Crippen LogP contribution in [0.15, 0.2) is 29.5 Å². The average Bonchev–Trinajstić information content (AvgIpc) is 2.36. The Hall–Kier alpha value is -1.28. The minimum absolute atomic E-state index is 0.228. The number of hydrogen-bond donors (Lipinski definition) is 2. The summed E-state index contributed by atoms with van der Waals surface area (Å²) in [6.07, 6.45) is 0. The summed E-state index contributed by atoms with van der Waals surface area (Å²) in [7, 11) is 0. The van der Waals surface area contributed by atoms with Gasteiger partial charge in [-0.1, -0.05) is 50.0 Å². The minimum Gasteiger partial charge on any atom is -0.351 e. The van der Waals surface area contributed by atoms with Gasteiger partial charge in [0.05, 0.1) is 17.7 Å². The predicted octanol–water partition coefficient (Wildman–Crippen LogP) is 4.34. The van der Waals surface area contributed by atoms with Crippen LogP contribution in [0.25, 0.3) is 0 Å². The summed E-state index contributed by atoms with van der Waals surface area (Å²) < 4.78 is 0. The fraction of sp³-hybridized carbons (Fsp3) is 0.333. The molecular weight excluding hydrogens is 325 g/mol. The second-order valence-electron chi connectivity index (χ2n) is 5.85. The van der Waals surface area contributed by atoms with E-state index in [2.05, 4.69) is 16.7 Å². The maximum atomic E-state index is 9.59. The van der Waals surface area contributed by atoms with Gasteiger partial charge in [0, 0.05) is 21.2 Å². The van der Waals surface area contributed by atoms with Crippen molar-refractivity contribution in [2.75, 3.05) is 0 Å². The van der Waals surface area contributed by atoms with Gasteiger partial charge in [0.25, 0.3) is 0 Å². The van der Waals surface area contributed by atoms with E-state index in [0.717, 1.165) is 11.3 Å². The van der Waals surface area contributed by atoms with Crippen molar-refractivity contribution in [2.24, 2.45) is 5.41 Å². The lowest BCUT2D eigenvalue weighted by molar-refractivity contribution is 0.462. The molecule has 0 spiro atoms. The lowest BCUT2D eigenvalue weighted by Crippen LogP contribution is -2.46. The van der Waals surface area contributed by atoms with E-state index in [1.54, 1.807) is 12.1 Å². The number of hydrogen-bond acceptors (Lipinski definition) is 2. The van der Waals surface area contributed by atoms with Crippen LogP contribution in [0.3, 0.4) is 0 Å². The zero-order valence-corrected chi connectivity index (χ0v) is 14.2. The monoisotopic (exact) mass is 339 g/mol. The van der Waals surface area contributed by atoms with Crippen LogP contribution in [-0.4, -0.2) is 5.11 Å². The van der Waals surface area contributed by atoms with Crippen LogP contribution in [-0.2, 0) is 0 Å². The standard InChI is InChI=1S/C15H15Cl2N3S/c1-15(2,3)13-10(7-18)12(19-14(21)20-13)9-5-4-8(16)6-11(9)17/h4-6,12H,1-3H3,(H2,19,20,21)/t12-/m0/s1. The van der Waals surface area contributed by atoms with Crippen molar-refractivity contribution in [1.82, 2.24) is 10.6 Å². The molecule has 0 saturated heterocycles. The molecular formula is C15H15Cl2N3S. The highest BCUT2D eigenvalue weighted by molar-refractivity contribution is 7.80. The fourth-order valence-electron chi connectivity index (χ4n) is 2.25. The first kappa shape index (κ1) is 16.1. The lowest BCUT2D eigenvalue weighted by atomic mass is 9.84. The van der Waals surface area contributed by atoms with Gasteiger partial charge in [0.2, 0.25) is 0 Å². The van der Waals surface area contributed by atoms with Crippen molar-refractivity contribution in [3.63, 3.8) is 0 Å². The molecule has 0 aromatic heterocycles. The molecule has 1 atom stereocenters. The molecule has 0 fully saturated rings. The SMILES string of the molecule is CC(C)(C)C1=C(C#N)[C@H](c2ccc(Cl)cc2Cl)NC(=S)N1. The molecule has 0 bridgehead atoms. The average molecular weight is 340 g/mol. The number of rotatable bonds is 1. The number of allylic oxidation sites excluding steroid dienone is 1. The number of benzene rings is 1. The first-order chi connectivity index (χ1) is 9.74. The Bertz CT molecular complexity index is 668. The van der Waals surface area contributed by atoms with E-state index in [4.69, 9.17) is 35.4 Å². The Morgan fingerprint density at radius 1 is 1.29 bits per heavy atom. The first-order valence-corrected chi connectivity index (χ1v) is 7.57. The summed E-state index contributed by atoms with van der Waals surface area (Å²) in [5.41, 5.74) is 1.95. The number of nitrogens with one attached hydrogen (secondary N) is 2. The molecule has 0 amide bonds. The van der Waals surface area contributed by atoms with E-state index in [1.807, 2.05) is 26.8 Å². The van der Waals surface area contributed by atoms with Gasteiger partial charge in [0.15, 0.2) is 5.11 Å². The van der Waals surface area contributed by atoms with E-state index < -0.39 is 0 Å². The molecule has 1 aliphatic heterocycles. The molecule has 2 rings (SSSR count). The third kappa shape index (κ3) is 3.32. The number of nitrogens with zero attached hydrogens (tertiary/aromatic N) is 1. The van der Waals surface area contributed by atoms with Crippen LogP contribution < -0.4 is 10.6 Å². The molecule has 1 aliphatic rings. The van der Waals surface area contributed by atoms with Crippen LogP contribution in [0.4, 0.5) is 0 Å². The van der Waals surface area contributed by atoms with Gasteiger partial charge in [-0.3, -0.25) is 0 Å². The van der Waals surface area contributed by atoms with Gasteiger partial charge in [-0.2, -0.15) is 5.26 Å². The Morgan fingerprint density at radius 3 is 2.48 bits per heavy atom. The maximum Gasteiger partial charge on any atom is 0.171 e. The quantitative estimate of drug-likeness (QED) is 0.747. The summed E-state index contributed by atoms with van der Waals surface area (Å²) >= 11 is 17.5. The lowest BCUT2D eigenvalue weighted by Gasteiger charge is -2.35. The topological polar surface area (TPSA) is 47.9 Å². The molecule has 0 radical (unpaired) electrons. The van der Waals surface area contributed by atoms with Gasteiger partial charge < -0.3 is 10.6 Å². The van der Waals surface area contributed by atoms with Crippen molar-refractivity contribution in [2.45, 2.75) is 26.8 Å². The molecule has 1 aromatic carbocycles. The van der Waals surface area contributed by atoms with E-state index in [0.29, 0.717) is 20.7 Å². The molecule has 0 unspecified atom stereocenters. The highest BCUT2D eigenvalue weighted by Gasteiger charge is 2.33. The summed E-state index contributed by atoms with van der Waals surface area (Å²) in [5.74, 6) is 0. The van der Waals surface area contributed by atoms with Crippen LogP contribution in [0.5, 0.6) is 0 Å². The third-order valence-electron chi connectivity index (χ3n) is 3.22. The molecule has 110 valence electrons. The van der Waals surface area contributed by atoms with E-state index in [-0.39, 0.29) is 11.5 Å². The highest BCUT2D eigenvalue weighted by Crippen LogP contribution is 2.37. The largest absolute Gasteiger partial charge is 0.351 e. The predicted molar refractivity (Wildman–Crippen MR) is 90.2 cm³/mol. The van der Waals surface area contributed by atoms with Crippen molar-refractivity contribution >= 4 is 40.5 Å². The van der Waals surface area contributed by atoms with Crippen LogP contribution >= 0.6 is 35.4 Å².